The van der Waals surface area contributed by atoms with Gasteiger partial charge in [-0.1, -0.05) is 5.16 Å². The van der Waals surface area contributed by atoms with Crippen molar-refractivity contribution in [3.05, 3.63) is 54.2 Å². The topological polar surface area (TPSA) is 77.6 Å². The maximum atomic E-state index is 14.0. The Morgan fingerprint density at radius 1 is 1.14 bits per heavy atom. The van der Waals surface area contributed by atoms with Crippen LogP contribution >= 0.6 is 0 Å². The molecule has 0 aliphatic carbocycles. The summed E-state index contributed by atoms with van der Waals surface area (Å²) < 4.78 is 77.6. The minimum absolute atomic E-state index is 0.106. The highest BCUT2D eigenvalue weighted by molar-refractivity contribution is 7.93. The number of hydrogen-bond acceptors (Lipinski definition) is 6. The summed E-state index contributed by atoms with van der Waals surface area (Å²) in [4.78, 5) is 3.54. The van der Waals surface area contributed by atoms with E-state index in [1.54, 1.807) is 0 Å². The molecule has 1 unspecified atom stereocenters. The van der Waals surface area contributed by atoms with Gasteiger partial charge in [0.25, 0.3) is 0 Å². The molecular formula is C17H13F4N3O3S. The highest BCUT2D eigenvalue weighted by Crippen LogP contribution is 2.30. The summed E-state index contributed by atoms with van der Waals surface area (Å²) in [6, 6.07) is 9.48. The number of benzene rings is 2. The molecule has 0 bridgehead atoms. The van der Waals surface area contributed by atoms with Gasteiger partial charge in [-0.15, -0.1) is 0 Å². The molecular weight excluding hydrogens is 402 g/mol. The van der Waals surface area contributed by atoms with Crippen molar-refractivity contribution < 1.29 is 31.0 Å². The number of alkyl halides is 3. The summed E-state index contributed by atoms with van der Waals surface area (Å²) in [5, 5.41) is 3.28. The molecule has 148 valence electrons. The Kier molecular flexibility index (Phi) is 5.11. The Hall–Kier alpha value is -2.95. The summed E-state index contributed by atoms with van der Waals surface area (Å²) in [6.07, 6.45) is -3.42. The molecule has 0 aliphatic rings. The van der Waals surface area contributed by atoms with Gasteiger partial charge in [0.1, 0.15) is 11.4 Å². The van der Waals surface area contributed by atoms with E-state index in [9.17, 15) is 21.8 Å². The molecule has 0 fully saturated rings. The van der Waals surface area contributed by atoms with Crippen molar-refractivity contribution in [2.45, 2.75) is 11.1 Å². The van der Waals surface area contributed by atoms with Crippen LogP contribution in [-0.4, -0.2) is 27.7 Å². The number of rotatable bonds is 4. The van der Waals surface area contributed by atoms with Crippen molar-refractivity contribution >= 4 is 15.4 Å². The van der Waals surface area contributed by atoms with E-state index in [2.05, 4.69) is 19.0 Å². The first-order chi connectivity index (χ1) is 13.1. The monoisotopic (exact) mass is 415 g/mol. The third kappa shape index (κ3) is 4.14. The van der Waals surface area contributed by atoms with Crippen molar-refractivity contribution in [3.63, 3.8) is 0 Å². The molecule has 0 saturated heterocycles. The second-order valence-corrected chi connectivity index (χ2v) is 7.92. The van der Waals surface area contributed by atoms with Gasteiger partial charge in [-0.25, -0.2) is 8.60 Å². The Morgan fingerprint density at radius 3 is 2.36 bits per heavy atom. The minimum atomic E-state index is -4.75. The maximum Gasteiger partial charge on any atom is 0.471 e. The highest BCUT2D eigenvalue weighted by atomic mass is 32.2. The normalized spacial score (nSPS) is 13.8. The zero-order valence-corrected chi connectivity index (χ0v) is 15.3. The molecule has 1 heterocycles. The largest absolute Gasteiger partial charge is 0.497 e. The number of aromatic nitrogens is 2. The zero-order valence-electron chi connectivity index (χ0n) is 14.5. The van der Waals surface area contributed by atoms with Gasteiger partial charge >= 0.3 is 12.1 Å². The summed E-state index contributed by atoms with van der Waals surface area (Å²) in [6.45, 7) is 0. The number of hydrogen-bond donors (Lipinski definition) is 0. The van der Waals surface area contributed by atoms with Crippen molar-refractivity contribution in [1.29, 1.82) is 0 Å². The quantitative estimate of drug-likeness (QED) is 0.578. The lowest BCUT2D eigenvalue weighted by atomic mass is 10.2. The first kappa shape index (κ1) is 19.8. The van der Waals surface area contributed by atoms with E-state index in [-0.39, 0.29) is 22.0 Å². The molecule has 3 rings (SSSR count). The van der Waals surface area contributed by atoms with E-state index in [1.165, 1.54) is 49.8 Å². The standard InChI is InChI=1S/C17H13F4N3O3S/c1-26-11-5-8-14(13(18)9-11)24-28(2,25)12-6-3-10(4-7-12)15-22-16(27-23-15)17(19,20)21/h3-9H,1-2H3. The Bertz CT molecular complexity index is 1120. The van der Waals surface area contributed by atoms with Crippen molar-refractivity contribution in [3.8, 4) is 17.1 Å². The summed E-state index contributed by atoms with van der Waals surface area (Å²) in [5.74, 6) is -2.13. The molecule has 1 aromatic heterocycles. The van der Waals surface area contributed by atoms with Crippen LogP contribution in [0.5, 0.6) is 5.75 Å². The Morgan fingerprint density at radius 2 is 1.82 bits per heavy atom. The summed E-state index contributed by atoms with van der Waals surface area (Å²) in [5.41, 5.74) is 0.124. The van der Waals surface area contributed by atoms with Gasteiger partial charge in [-0.3, -0.25) is 0 Å². The van der Waals surface area contributed by atoms with Gasteiger partial charge in [0.05, 0.1) is 16.8 Å². The van der Waals surface area contributed by atoms with Crippen LogP contribution in [0.15, 0.2) is 56.2 Å². The van der Waals surface area contributed by atoms with Crippen LogP contribution in [0.1, 0.15) is 5.89 Å². The van der Waals surface area contributed by atoms with Crippen molar-refractivity contribution in [1.82, 2.24) is 10.1 Å². The van der Waals surface area contributed by atoms with Crippen LogP contribution in [0.4, 0.5) is 23.2 Å². The number of ether oxygens (including phenoxy) is 1. The predicted molar refractivity (Wildman–Crippen MR) is 92.1 cm³/mol. The van der Waals surface area contributed by atoms with Crippen LogP contribution in [-0.2, 0) is 15.9 Å². The van der Waals surface area contributed by atoms with E-state index in [4.69, 9.17) is 4.74 Å². The second-order valence-electron chi connectivity index (χ2n) is 5.66. The number of halogens is 4. The fourth-order valence-electron chi connectivity index (χ4n) is 2.24. The first-order valence-corrected chi connectivity index (χ1v) is 9.59. The molecule has 0 radical (unpaired) electrons. The molecule has 1 atom stereocenters. The van der Waals surface area contributed by atoms with Gasteiger partial charge in [0, 0.05) is 22.8 Å². The van der Waals surface area contributed by atoms with Crippen molar-refractivity contribution in [2.24, 2.45) is 4.36 Å². The molecule has 0 spiro atoms. The number of nitrogens with zero attached hydrogens (tertiary/aromatic N) is 3. The van der Waals surface area contributed by atoms with E-state index < -0.39 is 27.6 Å². The van der Waals surface area contributed by atoms with Gasteiger partial charge in [-0.2, -0.15) is 22.5 Å². The average Bonchev–Trinajstić information content (AvgIpc) is 3.14. The highest BCUT2D eigenvalue weighted by Gasteiger charge is 2.38. The lowest BCUT2D eigenvalue weighted by Gasteiger charge is -2.07. The maximum absolute atomic E-state index is 14.0. The van der Waals surface area contributed by atoms with Gasteiger partial charge in [0.2, 0.25) is 5.82 Å². The fraction of sp³-hybridized carbons (Fsp3) is 0.176. The Labute approximate surface area is 157 Å². The molecule has 0 aliphatic heterocycles. The third-order valence-electron chi connectivity index (χ3n) is 3.65. The van der Waals surface area contributed by atoms with Crippen LogP contribution in [0.3, 0.4) is 0 Å². The van der Waals surface area contributed by atoms with Gasteiger partial charge in [0.15, 0.2) is 5.82 Å². The molecule has 3 aromatic rings. The molecule has 0 saturated carbocycles. The lowest BCUT2D eigenvalue weighted by Crippen LogP contribution is -2.04. The molecule has 0 amide bonds. The van der Waals surface area contributed by atoms with E-state index in [0.717, 1.165) is 6.07 Å². The molecule has 6 nitrogen and oxygen atoms in total. The van der Waals surface area contributed by atoms with E-state index >= 15 is 0 Å². The third-order valence-corrected chi connectivity index (χ3v) is 5.34. The van der Waals surface area contributed by atoms with Crippen molar-refractivity contribution in [2.75, 3.05) is 13.4 Å². The van der Waals surface area contributed by atoms with Crippen LogP contribution in [0.2, 0.25) is 0 Å². The van der Waals surface area contributed by atoms with E-state index in [0.29, 0.717) is 5.75 Å². The predicted octanol–water partition coefficient (Wildman–Crippen LogP) is 4.69. The Balaban J connectivity index is 1.92. The number of methoxy groups -OCH3 is 1. The van der Waals surface area contributed by atoms with E-state index in [1.807, 2.05) is 0 Å². The lowest BCUT2D eigenvalue weighted by molar-refractivity contribution is -0.159. The zero-order chi connectivity index (χ0) is 20.5. The molecule has 0 N–H and O–H groups in total. The fourth-order valence-corrected chi connectivity index (χ4v) is 3.51. The smallest absolute Gasteiger partial charge is 0.471 e. The molecule has 2 aromatic carbocycles. The van der Waals surface area contributed by atoms with Crippen LogP contribution in [0, 0.1) is 5.82 Å². The van der Waals surface area contributed by atoms with Gasteiger partial charge in [-0.05, 0) is 36.4 Å². The first-order valence-electron chi connectivity index (χ1n) is 7.67. The van der Waals surface area contributed by atoms with Crippen LogP contribution < -0.4 is 4.74 Å². The minimum Gasteiger partial charge on any atom is -0.497 e. The molecule has 28 heavy (non-hydrogen) atoms. The average molecular weight is 415 g/mol. The van der Waals surface area contributed by atoms with Gasteiger partial charge < -0.3 is 9.26 Å². The summed E-state index contributed by atoms with van der Waals surface area (Å²) in [7, 11) is -1.64. The molecule has 11 heteroatoms. The second kappa shape index (κ2) is 7.23. The SMILES string of the molecule is COc1ccc(N=S(C)(=O)c2ccc(-c3noc(C(F)(F)F)n3)cc2)c(F)c1. The summed E-state index contributed by atoms with van der Waals surface area (Å²) >= 11 is 0. The van der Waals surface area contributed by atoms with Crippen LogP contribution in [0.25, 0.3) is 11.4 Å².